The number of carbonyl (C=O) groups is 1. The quantitative estimate of drug-likeness (QED) is 0.113. The molecule has 0 aliphatic rings. The van der Waals surface area contributed by atoms with Gasteiger partial charge in [0, 0.05) is 21.5 Å². The Labute approximate surface area is 287 Å². The molecule has 1 amide bonds. The summed E-state index contributed by atoms with van der Waals surface area (Å²) in [5.74, 6) is 1.86. The number of hydrogen-bond acceptors (Lipinski definition) is 8. The summed E-state index contributed by atoms with van der Waals surface area (Å²) < 4.78 is 38.5. The fraction of sp³-hybridized carbons (Fsp3) is 0.176. The summed E-state index contributed by atoms with van der Waals surface area (Å²) in [6, 6.07) is 30.2. The molecule has 0 atom stereocenters. The molecular formula is C34H32Cl2N3O6PS. The average Bonchev–Trinajstić information content (AvgIpc) is 3.36. The van der Waals surface area contributed by atoms with Crippen LogP contribution in [0.3, 0.4) is 0 Å². The summed E-state index contributed by atoms with van der Waals surface area (Å²) in [6.07, 6.45) is -1.22. The first kappa shape index (κ1) is 34.3. The van der Waals surface area contributed by atoms with E-state index >= 15 is 0 Å². The van der Waals surface area contributed by atoms with Crippen molar-refractivity contribution in [3.05, 3.63) is 130 Å². The molecule has 4 aromatic carbocycles. The van der Waals surface area contributed by atoms with E-state index in [1.54, 1.807) is 66.7 Å². The predicted octanol–water partition coefficient (Wildman–Crippen LogP) is 9.80. The summed E-state index contributed by atoms with van der Waals surface area (Å²) >= 11 is 14.0. The Morgan fingerprint density at radius 2 is 1.45 bits per heavy atom. The minimum Gasteiger partial charge on any atom is -0.479 e. The van der Waals surface area contributed by atoms with E-state index in [1.807, 2.05) is 54.8 Å². The highest BCUT2D eigenvalue weighted by atomic mass is 35.5. The third kappa shape index (κ3) is 9.72. The minimum atomic E-state index is -3.78. The summed E-state index contributed by atoms with van der Waals surface area (Å²) in [4.78, 5) is 17.1. The number of halogens is 2. The SMILES string of the molecule is CC(C)c1nc(COC(N)=O)n(Cc2ccc(OCP(=O)(Oc3ccccc3)Oc3ccccc3)cc2)c1Sc1cc(Cl)cc(Cl)c1. The molecule has 0 saturated heterocycles. The summed E-state index contributed by atoms with van der Waals surface area (Å²) in [5, 5.41) is 1.87. The van der Waals surface area contributed by atoms with Gasteiger partial charge in [0.2, 0.25) is 6.35 Å². The first-order valence-electron chi connectivity index (χ1n) is 14.5. The van der Waals surface area contributed by atoms with Gasteiger partial charge in [0.1, 0.15) is 28.1 Å². The molecular weight excluding hydrogens is 680 g/mol. The van der Waals surface area contributed by atoms with E-state index in [4.69, 9.17) is 52.4 Å². The first-order chi connectivity index (χ1) is 22.6. The maximum atomic E-state index is 13.8. The average molecular weight is 713 g/mol. The molecule has 0 unspecified atom stereocenters. The van der Waals surface area contributed by atoms with Crippen LogP contribution in [0.4, 0.5) is 4.79 Å². The first-order valence-corrected chi connectivity index (χ1v) is 17.8. The van der Waals surface area contributed by atoms with Crippen molar-refractivity contribution in [3.63, 3.8) is 0 Å². The Morgan fingerprint density at radius 3 is 1.98 bits per heavy atom. The highest BCUT2D eigenvalue weighted by molar-refractivity contribution is 7.99. The Kier molecular flexibility index (Phi) is 11.4. The number of primary amides is 1. The van der Waals surface area contributed by atoms with Crippen LogP contribution in [0.1, 0.15) is 36.8 Å². The lowest BCUT2D eigenvalue weighted by molar-refractivity contribution is 0.145. The Hall–Kier alpha value is -4.08. The lowest BCUT2D eigenvalue weighted by Crippen LogP contribution is -2.15. The van der Waals surface area contributed by atoms with Gasteiger partial charge in [0.25, 0.3) is 0 Å². The van der Waals surface area contributed by atoms with Gasteiger partial charge in [-0.2, -0.15) is 0 Å². The van der Waals surface area contributed by atoms with Crippen LogP contribution in [-0.2, 0) is 22.5 Å². The van der Waals surface area contributed by atoms with Gasteiger partial charge in [-0.1, -0.05) is 97.3 Å². The highest BCUT2D eigenvalue weighted by Gasteiger charge is 2.30. The molecule has 0 radical (unpaired) electrons. The van der Waals surface area contributed by atoms with Gasteiger partial charge >= 0.3 is 13.7 Å². The lowest BCUT2D eigenvalue weighted by Gasteiger charge is -2.20. The van der Waals surface area contributed by atoms with E-state index in [1.165, 1.54) is 11.8 Å². The van der Waals surface area contributed by atoms with E-state index in [-0.39, 0.29) is 18.9 Å². The minimum absolute atomic E-state index is 0.0587. The Bertz CT molecular complexity index is 1790. The van der Waals surface area contributed by atoms with E-state index in [0.29, 0.717) is 39.7 Å². The molecule has 5 aromatic rings. The van der Waals surface area contributed by atoms with Gasteiger partial charge in [-0.05, 0) is 66.1 Å². The van der Waals surface area contributed by atoms with Crippen LogP contribution in [0.25, 0.3) is 0 Å². The second-order valence-electron chi connectivity index (χ2n) is 10.6. The molecule has 0 bridgehead atoms. The fourth-order valence-corrected chi connectivity index (χ4v) is 7.73. The second kappa shape index (κ2) is 15.7. The number of ether oxygens (including phenoxy) is 2. The lowest BCUT2D eigenvalue weighted by atomic mass is 10.1. The van der Waals surface area contributed by atoms with Crippen LogP contribution in [0.5, 0.6) is 17.2 Å². The molecule has 1 heterocycles. The summed E-state index contributed by atoms with van der Waals surface area (Å²) in [7, 11) is -3.78. The third-order valence-electron chi connectivity index (χ3n) is 6.60. The van der Waals surface area contributed by atoms with E-state index in [0.717, 1.165) is 21.2 Å². The third-order valence-corrected chi connectivity index (χ3v) is 9.55. The molecule has 47 heavy (non-hydrogen) atoms. The van der Waals surface area contributed by atoms with Crippen molar-refractivity contribution < 1.29 is 27.9 Å². The molecule has 2 N–H and O–H groups in total. The maximum absolute atomic E-state index is 13.8. The van der Waals surface area contributed by atoms with Gasteiger partial charge in [0.05, 0.1) is 5.69 Å². The Balaban J connectivity index is 1.38. The number of para-hydroxylation sites is 2. The van der Waals surface area contributed by atoms with Gasteiger partial charge in [-0.25, -0.2) is 14.3 Å². The van der Waals surface area contributed by atoms with Gasteiger partial charge < -0.3 is 28.8 Å². The summed E-state index contributed by atoms with van der Waals surface area (Å²) in [5.41, 5.74) is 7.01. The van der Waals surface area contributed by atoms with Crippen LogP contribution < -0.4 is 19.5 Å². The number of rotatable bonds is 14. The fourth-order valence-electron chi connectivity index (χ4n) is 4.48. The van der Waals surface area contributed by atoms with Gasteiger partial charge in [-0.15, -0.1) is 0 Å². The standard InChI is InChI=1S/C34H32Cl2N3O6PS/c1-23(2)32-33(47-30-18-25(35)17-26(36)19-30)39(31(38-32)21-42-34(37)40)20-24-13-15-27(16-14-24)43-22-46(41,44-28-9-5-3-6-10-28)45-29-11-7-4-8-12-29/h3-19,23H,20-22H2,1-2H3,(H2,37,40). The topological polar surface area (TPSA) is 115 Å². The van der Waals surface area contributed by atoms with Crippen LogP contribution in [0, 0.1) is 0 Å². The number of benzene rings is 4. The van der Waals surface area contributed by atoms with Crippen molar-refractivity contribution in [2.45, 2.75) is 42.8 Å². The molecule has 13 heteroatoms. The van der Waals surface area contributed by atoms with Crippen LogP contribution >= 0.6 is 42.6 Å². The molecule has 0 saturated carbocycles. The zero-order valence-corrected chi connectivity index (χ0v) is 28.8. The largest absolute Gasteiger partial charge is 0.479 e. The van der Waals surface area contributed by atoms with Gasteiger partial charge in [0.15, 0.2) is 6.61 Å². The monoisotopic (exact) mass is 711 g/mol. The maximum Gasteiger partial charge on any atom is 0.468 e. The molecule has 0 fully saturated rings. The molecule has 5 rings (SSSR count). The van der Waals surface area contributed by atoms with Crippen molar-refractivity contribution in [1.82, 2.24) is 9.55 Å². The van der Waals surface area contributed by atoms with Crippen LogP contribution in [0.15, 0.2) is 113 Å². The van der Waals surface area contributed by atoms with Crippen LogP contribution in [0.2, 0.25) is 10.0 Å². The molecule has 244 valence electrons. The van der Waals surface area contributed by atoms with E-state index in [2.05, 4.69) is 0 Å². The number of hydrogen-bond donors (Lipinski definition) is 1. The number of amides is 1. The van der Waals surface area contributed by atoms with E-state index < -0.39 is 13.7 Å². The zero-order chi connectivity index (χ0) is 33.4. The summed E-state index contributed by atoms with van der Waals surface area (Å²) in [6.45, 7) is 4.36. The van der Waals surface area contributed by atoms with Crippen molar-refractivity contribution in [1.29, 1.82) is 0 Å². The number of nitrogens with two attached hydrogens (primary N) is 1. The van der Waals surface area contributed by atoms with Gasteiger partial charge in [-0.3, -0.25) is 0 Å². The number of aromatic nitrogens is 2. The van der Waals surface area contributed by atoms with Crippen molar-refractivity contribution in [2.75, 3.05) is 6.35 Å². The second-order valence-corrected chi connectivity index (χ2v) is 14.4. The van der Waals surface area contributed by atoms with Crippen molar-refractivity contribution in [3.8, 4) is 17.2 Å². The van der Waals surface area contributed by atoms with E-state index in [9.17, 15) is 9.36 Å². The van der Waals surface area contributed by atoms with Crippen molar-refractivity contribution >= 4 is 48.7 Å². The molecule has 0 aliphatic heterocycles. The number of carbonyl (C=O) groups excluding carboxylic acids is 1. The van der Waals surface area contributed by atoms with Crippen molar-refractivity contribution in [2.24, 2.45) is 5.73 Å². The molecule has 1 aromatic heterocycles. The normalized spacial score (nSPS) is 11.3. The highest BCUT2D eigenvalue weighted by Crippen LogP contribution is 2.48. The molecule has 0 aliphatic carbocycles. The van der Waals surface area contributed by atoms with Crippen LogP contribution in [-0.4, -0.2) is 22.0 Å². The Morgan fingerprint density at radius 1 is 0.872 bits per heavy atom. The smallest absolute Gasteiger partial charge is 0.468 e. The molecule has 0 spiro atoms. The zero-order valence-electron chi connectivity index (χ0n) is 25.5. The number of nitrogens with zero attached hydrogens (tertiary/aromatic N) is 2. The number of imidazole rings is 1. The molecule has 9 nitrogen and oxygen atoms in total. The predicted molar refractivity (Wildman–Crippen MR) is 184 cm³/mol.